The van der Waals surface area contributed by atoms with E-state index in [1.807, 2.05) is 0 Å². The molecule has 0 bridgehead atoms. The summed E-state index contributed by atoms with van der Waals surface area (Å²) in [6.07, 6.45) is 20.4. The van der Waals surface area contributed by atoms with Crippen LogP contribution in [0.4, 0.5) is 11.4 Å². The maximum absolute atomic E-state index is 12.6. The molecular weight excluding hydrogens is 697 g/mol. The van der Waals surface area contributed by atoms with Crippen molar-refractivity contribution in [2.24, 2.45) is 5.73 Å². The van der Waals surface area contributed by atoms with Gasteiger partial charge in [0.05, 0.1) is 23.8 Å². The van der Waals surface area contributed by atoms with Crippen molar-refractivity contribution in [3.05, 3.63) is 34.4 Å². The van der Waals surface area contributed by atoms with E-state index in [0.717, 1.165) is 38.5 Å². The number of nitro benzene ring substituents is 1. The SMILES string of the molecule is CCCCCCCC/C=C\CCCCCCCC(=O)OC[C@H](COP(=O)(O)OCCN)OC(=O)CCCCCNc1ccc([N+](=O)[O-])c2nonc12. The summed E-state index contributed by atoms with van der Waals surface area (Å²) in [5.41, 5.74) is 5.94. The fourth-order valence-corrected chi connectivity index (χ4v) is 6.04. The molecule has 0 fully saturated rings. The predicted octanol–water partition coefficient (Wildman–Crippen LogP) is 7.69. The van der Waals surface area contributed by atoms with Crippen LogP contribution in [0.3, 0.4) is 0 Å². The molecule has 17 heteroatoms. The summed E-state index contributed by atoms with van der Waals surface area (Å²) in [6, 6.07) is 2.85. The van der Waals surface area contributed by atoms with Crippen LogP contribution in [0, 0.1) is 10.1 Å². The lowest BCUT2D eigenvalue weighted by Gasteiger charge is -2.20. The Morgan fingerprint density at radius 1 is 0.904 bits per heavy atom. The topological polar surface area (TPSA) is 228 Å². The second-order valence-corrected chi connectivity index (χ2v) is 14.1. The van der Waals surface area contributed by atoms with Crippen LogP contribution in [0.5, 0.6) is 0 Å². The van der Waals surface area contributed by atoms with Gasteiger partial charge in [0.1, 0.15) is 6.61 Å². The van der Waals surface area contributed by atoms with Gasteiger partial charge in [-0.05, 0) is 61.3 Å². The van der Waals surface area contributed by atoms with Crippen LogP contribution in [0.1, 0.15) is 122 Å². The molecule has 0 aliphatic heterocycles. The molecular formula is C35H58N5O11P. The molecule has 2 rings (SSSR count). The number of allylic oxidation sites excluding steroid dienone is 2. The van der Waals surface area contributed by atoms with Crippen LogP contribution in [-0.2, 0) is 32.7 Å². The number of nitrogens with one attached hydrogen (secondary N) is 1. The monoisotopic (exact) mass is 755 g/mol. The number of rotatable bonds is 32. The maximum atomic E-state index is 12.6. The van der Waals surface area contributed by atoms with E-state index < -0.39 is 37.4 Å². The number of phosphoric acid groups is 1. The highest BCUT2D eigenvalue weighted by molar-refractivity contribution is 7.47. The summed E-state index contributed by atoms with van der Waals surface area (Å²) in [4.78, 5) is 45.4. The number of anilines is 1. The van der Waals surface area contributed by atoms with Crippen molar-refractivity contribution in [3.8, 4) is 0 Å². The Morgan fingerprint density at radius 2 is 1.52 bits per heavy atom. The third kappa shape index (κ3) is 20.0. The minimum Gasteiger partial charge on any atom is -0.462 e. The van der Waals surface area contributed by atoms with Crippen molar-refractivity contribution in [3.63, 3.8) is 0 Å². The zero-order valence-electron chi connectivity index (χ0n) is 30.5. The zero-order chi connectivity index (χ0) is 37.9. The van der Waals surface area contributed by atoms with Crippen molar-refractivity contribution >= 4 is 42.2 Å². The average molecular weight is 756 g/mol. The Morgan fingerprint density at radius 3 is 2.19 bits per heavy atom. The average Bonchev–Trinajstić information content (AvgIpc) is 3.62. The number of fused-ring (bicyclic) bond motifs is 1. The van der Waals surface area contributed by atoms with Crippen LogP contribution in [0.2, 0.25) is 0 Å². The van der Waals surface area contributed by atoms with Gasteiger partial charge >= 0.3 is 25.4 Å². The zero-order valence-corrected chi connectivity index (χ0v) is 31.4. The van der Waals surface area contributed by atoms with Gasteiger partial charge in [-0.3, -0.25) is 28.8 Å². The number of carbonyl (C=O) groups excluding carboxylic acids is 2. The molecule has 0 aliphatic carbocycles. The number of phosphoric ester groups is 1. The lowest BCUT2D eigenvalue weighted by atomic mass is 10.1. The van der Waals surface area contributed by atoms with Gasteiger partial charge in [-0.1, -0.05) is 76.9 Å². The molecule has 16 nitrogen and oxygen atoms in total. The number of benzene rings is 1. The number of ether oxygens (including phenoxy) is 2. The Labute approximate surface area is 306 Å². The van der Waals surface area contributed by atoms with Gasteiger partial charge in [0.25, 0.3) is 0 Å². The number of hydrogen-bond donors (Lipinski definition) is 3. The first-order valence-electron chi connectivity index (χ1n) is 18.6. The predicted molar refractivity (Wildman–Crippen MR) is 196 cm³/mol. The minimum absolute atomic E-state index is 0.00541. The quantitative estimate of drug-likeness (QED) is 0.0162. The van der Waals surface area contributed by atoms with Crippen molar-refractivity contribution in [2.45, 2.75) is 129 Å². The van der Waals surface area contributed by atoms with E-state index in [9.17, 15) is 29.2 Å². The number of unbranched alkanes of at least 4 members (excludes halogenated alkanes) is 13. The summed E-state index contributed by atoms with van der Waals surface area (Å²) < 4.78 is 37.2. The van der Waals surface area contributed by atoms with E-state index in [0.29, 0.717) is 37.9 Å². The highest BCUT2D eigenvalue weighted by atomic mass is 31.2. The maximum Gasteiger partial charge on any atom is 0.472 e. The number of carbonyl (C=O) groups is 2. The van der Waals surface area contributed by atoms with Crippen molar-refractivity contribution in [1.29, 1.82) is 0 Å². The summed E-state index contributed by atoms with van der Waals surface area (Å²) in [5.74, 6) is -1.04. The van der Waals surface area contributed by atoms with Crippen LogP contribution in [0.15, 0.2) is 28.9 Å². The first-order chi connectivity index (χ1) is 25.2. The van der Waals surface area contributed by atoms with Gasteiger partial charge < -0.3 is 25.4 Å². The van der Waals surface area contributed by atoms with Crippen molar-refractivity contribution in [2.75, 3.05) is 38.2 Å². The summed E-state index contributed by atoms with van der Waals surface area (Å²) in [6.45, 7) is 1.67. The van der Waals surface area contributed by atoms with Crippen LogP contribution >= 0.6 is 7.82 Å². The van der Waals surface area contributed by atoms with Crippen molar-refractivity contribution in [1.82, 2.24) is 10.3 Å². The molecule has 4 N–H and O–H groups in total. The molecule has 1 aromatic carbocycles. The van der Waals surface area contributed by atoms with Gasteiger partial charge in [-0.2, -0.15) is 0 Å². The summed E-state index contributed by atoms with van der Waals surface area (Å²) in [7, 11) is -4.45. The molecule has 0 amide bonds. The highest BCUT2D eigenvalue weighted by Gasteiger charge is 2.26. The smallest absolute Gasteiger partial charge is 0.462 e. The molecule has 294 valence electrons. The minimum atomic E-state index is -4.45. The van der Waals surface area contributed by atoms with Gasteiger partial charge in [-0.25, -0.2) is 9.19 Å². The molecule has 0 radical (unpaired) electrons. The highest BCUT2D eigenvalue weighted by Crippen LogP contribution is 2.43. The molecule has 1 heterocycles. The van der Waals surface area contributed by atoms with Crippen molar-refractivity contribution < 1.29 is 47.1 Å². The Hall–Kier alpha value is -3.43. The van der Waals surface area contributed by atoms with Crippen LogP contribution < -0.4 is 11.1 Å². The van der Waals surface area contributed by atoms with Gasteiger partial charge in [0, 0.05) is 32.0 Å². The number of aromatic nitrogens is 2. The number of nitrogens with zero attached hydrogens (tertiary/aromatic N) is 3. The molecule has 52 heavy (non-hydrogen) atoms. The normalized spacial score (nSPS) is 13.3. The molecule has 2 atom stereocenters. The first-order valence-corrected chi connectivity index (χ1v) is 20.1. The number of nitro groups is 1. The number of nitrogens with two attached hydrogens (primary N) is 1. The summed E-state index contributed by atoms with van der Waals surface area (Å²) in [5, 5.41) is 21.6. The first kappa shape index (κ1) is 44.7. The second-order valence-electron chi connectivity index (χ2n) is 12.6. The van der Waals surface area contributed by atoms with E-state index in [4.69, 9.17) is 24.3 Å². The molecule has 1 aromatic heterocycles. The largest absolute Gasteiger partial charge is 0.472 e. The third-order valence-corrected chi connectivity index (χ3v) is 9.12. The van der Waals surface area contributed by atoms with Crippen LogP contribution in [0.25, 0.3) is 11.0 Å². The summed E-state index contributed by atoms with van der Waals surface area (Å²) >= 11 is 0. The Bertz CT molecular complexity index is 1390. The van der Waals surface area contributed by atoms with Gasteiger partial charge in [0.2, 0.25) is 5.52 Å². The molecule has 1 unspecified atom stereocenters. The molecule has 0 spiro atoms. The van der Waals surface area contributed by atoms with E-state index in [1.54, 1.807) is 0 Å². The van der Waals surface area contributed by atoms with Crippen LogP contribution in [-0.4, -0.2) is 71.1 Å². The number of hydrogen-bond acceptors (Lipinski definition) is 14. The number of esters is 2. The molecule has 0 saturated carbocycles. The van der Waals surface area contributed by atoms with E-state index >= 15 is 0 Å². The third-order valence-electron chi connectivity index (χ3n) is 8.13. The lowest BCUT2D eigenvalue weighted by molar-refractivity contribution is -0.383. The standard InChI is InChI=1S/C35H58N5O11P/c1-2-3-4-5-6-7-8-9-10-11-12-13-14-15-17-20-32(41)47-27-29(28-49-52(45,46)48-26-24-36)50-33(42)21-18-16-19-25-37-30-22-23-31(40(43)44)35-34(30)38-51-39-35/h9-10,22-23,29,37H,2-8,11-21,24-28,36H2,1H3,(H,45,46)/b10-9-/t29-/m1/s1. The molecule has 0 saturated heterocycles. The fraction of sp³-hybridized carbons (Fsp3) is 0.714. The van der Waals surface area contributed by atoms with E-state index in [2.05, 4.69) is 39.3 Å². The lowest BCUT2D eigenvalue weighted by Crippen LogP contribution is -2.29. The fourth-order valence-electron chi connectivity index (χ4n) is 5.28. The number of non-ortho nitro benzene ring substituents is 1. The van der Waals surface area contributed by atoms with Gasteiger partial charge in [-0.15, -0.1) is 0 Å². The Balaban J connectivity index is 1.65. The van der Waals surface area contributed by atoms with Gasteiger partial charge in [0.15, 0.2) is 11.6 Å². The molecule has 0 aliphatic rings. The molecule has 2 aromatic rings. The Kier molecular flexibility index (Phi) is 23.4. The van der Waals surface area contributed by atoms with E-state index in [1.165, 1.54) is 50.7 Å². The van der Waals surface area contributed by atoms with E-state index in [-0.39, 0.29) is 49.3 Å². The second kappa shape index (κ2) is 27.2.